The van der Waals surface area contributed by atoms with Crippen LogP contribution in [0.4, 0.5) is 0 Å². The minimum Gasteiger partial charge on any atom is -0.480 e. The quantitative estimate of drug-likeness (QED) is 0.241. The first-order valence-corrected chi connectivity index (χ1v) is 13.3. The van der Waals surface area contributed by atoms with E-state index in [1.807, 2.05) is 26.2 Å². The van der Waals surface area contributed by atoms with Crippen LogP contribution in [0.2, 0.25) is 0 Å². The van der Waals surface area contributed by atoms with Gasteiger partial charge in [-0.25, -0.2) is 4.79 Å². The van der Waals surface area contributed by atoms with Gasteiger partial charge in [0.05, 0.1) is 6.04 Å². The highest BCUT2D eigenvalue weighted by Gasteiger charge is 2.33. The molecule has 0 aromatic heterocycles. The predicted octanol–water partition coefficient (Wildman–Crippen LogP) is 1.55. The van der Waals surface area contributed by atoms with Crippen molar-refractivity contribution < 1.29 is 24.3 Å². The van der Waals surface area contributed by atoms with Gasteiger partial charge >= 0.3 is 5.97 Å². The fourth-order valence-corrected chi connectivity index (χ4v) is 3.92. The molecule has 0 radical (unpaired) electrons. The van der Waals surface area contributed by atoms with Crippen molar-refractivity contribution in [1.29, 1.82) is 0 Å². The van der Waals surface area contributed by atoms with Crippen LogP contribution in [0.5, 0.6) is 0 Å². The highest BCUT2D eigenvalue weighted by atomic mass is 32.2. The monoisotopic (exact) mass is 508 g/mol. The van der Waals surface area contributed by atoms with Crippen molar-refractivity contribution in [3.8, 4) is 0 Å². The summed E-state index contributed by atoms with van der Waals surface area (Å²) >= 11 is 1.58. The predicted molar refractivity (Wildman–Crippen MR) is 139 cm³/mol. The molecule has 0 aliphatic rings. The second-order valence-electron chi connectivity index (χ2n) is 9.08. The van der Waals surface area contributed by atoms with E-state index in [0.29, 0.717) is 12.8 Å². The summed E-state index contributed by atoms with van der Waals surface area (Å²) in [7, 11) is 0. The number of benzene rings is 1. The van der Waals surface area contributed by atoms with Crippen molar-refractivity contribution in [3.63, 3.8) is 0 Å². The average Bonchev–Trinajstić information content (AvgIpc) is 2.83. The van der Waals surface area contributed by atoms with Crippen LogP contribution in [0, 0.1) is 11.8 Å². The van der Waals surface area contributed by atoms with Gasteiger partial charge in [0, 0.05) is 6.42 Å². The van der Waals surface area contributed by atoms with E-state index < -0.39 is 47.9 Å². The van der Waals surface area contributed by atoms with Gasteiger partial charge in [0.15, 0.2) is 0 Å². The molecule has 0 saturated carbocycles. The Morgan fingerprint density at radius 3 is 2.03 bits per heavy atom. The minimum atomic E-state index is -1.17. The third-order valence-electron chi connectivity index (χ3n) is 5.91. The van der Waals surface area contributed by atoms with Gasteiger partial charge in [0.2, 0.25) is 17.7 Å². The normalized spacial score (nSPS) is 15.4. The molecule has 35 heavy (non-hydrogen) atoms. The van der Waals surface area contributed by atoms with Crippen molar-refractivity contribution in [2.75, 3.05) is 12.0 Å². The van der Waals surface area contributed by atoms with Crippen molar-refractivity contribution in [3.05, 3.63) is 35.9 Å². The maximum atomic E-state index is 13.2. The molecular formula is C25H40N4O5S. The molecule has 1 aromatic carbocycles. The molecule has 0 aliphatic heterocycles. The molecule has 0 spiro atoms. The Labute approximate surface area is 212 Å². The lowest BCUT2D eigenvalue weighted by Crippen LogP contribution is -2.60. The van der Waals surface area contributed by atoms with Gasteiger partial charge in [-0.05, 0) is 35.8 Å². The number of carboxylic acids is 1. The van der Waals surface area contributed by atoms with Gasteiger partial charge in [-0.2, -0.15) is 11.8 Å². The SMILES string of the molecule is CCC(C)C(NC(=O)C(N)CCSC)C(=O)NC(C(=O)NC(Cc1ccccc1)C(=O)O)C(C)C. The Morgan fingerprint density at radius 1 is 0.943 bits per heavy atom. The van der Waals surface area contributed by atoms with Crippen LogP contribution in [0.15, 0.2) is 30.3 Å². The van der Waals surface area contributed by atoms with Gasteiger partial charge < -0.3 is 26.8 Å². The summed E-state index contributed by atoms with van der Waals surface area (Å²) in [6, 6.07) is 5.25. The van der Waals surface area contributed by atoms with E-state index >= 15 is 0 Å². The third-order valence-corrected chi connectivity index (χ3v) is 6.55. The van der Waals surface area contributed by atoms with Crippen LogP contribution < -0.4 is 21.7 Å². The zero-order valence-electron chi connectivity index (χ0n) is 21.2. The van der Waals surface area contributed by atoms with Gasteiger partial charge in [0.25, 0.3) is 0 Å². The molecule has 9 nitrogen and oxygen atoms in total. The Bertz CT molecular complexity index is 836. The van der Waals surface area contributed by atoms with Crippen molar-refractivity contribution >= 4 is 35.5 Å². The highest BCUT2D eigenvalue weighted by Crippen LogP contribution is 2.12. The van der Waals surface area contributed by atoms with Crippen molar-refractivity contribution in [1.82, 2.24) is 16.0 Å². The lowest BCUT2D eigenvalue weighted by Gasteiger charge is -2.29. The van der Waals surface area contributed by atoms with E-state index in [9.17, 15) is 24.3 Å². The molecule has 0 aliphatic carbocycles. The molecule has 0 saturated heterocycles. The number of rotatable bonds is 15. The number of thioether (sulfide) groups is 1. The van der Waals surface area contributed by atoms with E-state index in [-0.39, 0.29) is 18.3 Å². The number of nitrogens with one attached hydrogen (secondary N) is 3. The third kappa shape index (κ3) is 10.3. The largest absolute Gasteiger partial charge is 0.480 e. The van der Waals surface area contributed by atoms with Crippen LogP contribution in [0.1, 0.15) is 46.1 Å². The molecule has 10 heteroatoms. The van der Waals surface area contributed by atoms with Crippen molar-refractivity contribution in [2.45, 2.75) is 71.1 Å². The van der Waals surface area contributed by atoms with E-state index in [1.54, 1.807) is 49.9 Å². The van der Waals surface area contributed by atoms with E-state index in [4.69, 9.17) is 5.73 Å². The van der Waals surface area contributed by atoms with Gasteiger partial charge in [0.1, 0.15) is 18.1 Å². The molecule has 196 valence electrons. The molecule has 0 bridgehead atoms. The summed E-state index contributed by atoms with van der Waals surface area (Å²) in [5.41, 5.74) is 6.73. The summed E-state index contributed by atoms with van der Waals surface area (Å²) in [5.74, 6) is -2.48. The summed E-state index contributed by atoms with van der Waals surface area (Å²) in [6.07, 6.45) is 3.14. The highest BCUT2D eigenvalue weighted by molar-refractivity contribution is 7.98. The summed E-state index contributed by atoms with van der Waals surface area (Å²) in [4.78, 5) is 50.6. The lowest BCUT2D eigenvalue weighted by molar-refractivity contribution is -0.142. The first-order valence-electron chi connectivity index (χ1n) is 11.9. The number of carbonyl (C=O) groups excluding carboxylic acids is 3. The molecule has 5 atom stereocenters. The molecular weight excluding hydrogens is 468 g/mol. The molecule has 1 rings (SSSR count). The first kappa shape index (κ1) is 30.4. The number of carbonyl (C=O) groups is 4. The number of carboxylic acid groups (broad SMARTS) is 1. The van der Waals surface area contributed by atoms with Crippen LogP contribution in [-0.2, 0) is 25.6 Å². The number of amides is 3. The molecule has 5 unspecified atom stereocenters. The topological polar surface area (TPSA) is 151 Å². The van der Waals surface area contributed by atoms with Gasteiger partial charge in [-0.1, -0.05) is 64.4 Å². The number of nitrogens with two attached hydrogens (primary N) is 1. The molecule has 1 aromatic rings. The fraction of sp³-hybridized carbons (Fsp3) is 0.600. The second-order valence-corrected chi connectivity index (χ2v) is 10.1. The first-order chi connectivity index (χ1) is 16.5. The summed E-state index contributed by atoms with van der Waals surface area (Å²) in [6.45, 7) is 7.25. The van der Waals surface area contributed by atoms with E-state index in [2.05, 4.69) is 16.0 Å². The summed E-state index contributed by atoms with van der Waals surface area (Å²) in [5, 5.41) is 17.6. The number of hydrogen-bond donors (Lipinski definition) is 5. The minimum absolute atomic E-state index is 0.111. The number of hydrogen-bond acceptors (Lipinski definition) is 6. The molecule has 0 fully saturated rings. The Morgan fingerprint density at radius 2 is 1.51 bits per heavy atom. The Balaban J connectivity index is 2.95. The van der Waals surface area contributed by atoms with E-state index in [0.717, 1.165) is 11.3 Å². The van der Waals surface area contributed by atoms with Crippen LogP contribution in [0.25, 0.3) is 0 Å². The molecule has 0 heterocycles. The standard InChI is InChI=1S/C25H40N4O5S/c1-6-16(4)21(29-22(30)18(26)12-13-35-5)24(32)28-20(15(2)3)23(31)27-19(25(33)34)14-17-10-8-7-9-11-17/h7-11,15-16,18-21H,6,12-14,26H2,1-5H3,(H,27,31)(H,28,32)(H,29,30)(H,33,34). The van der Waals surface area contributed by atoms with E-state index in [1.165, 1.54) is 0 Å². The zero-order chi connectivity index (χ0) is 26.5. The maximum absolute atomic E-state index is 13.2. The van der Waals surface area contributed by atoms with Crippen LogP contribution >= 0.6 is 11.8 Å². The smallest absolute Gasteiger partial charge is 0.326 e. The van der Waals surface area contributed by atoms with Crippen LogP contribution in [0.3, 0.4) is 0 Å². The number of aliphatic carboxylic acids is 1. The summed E-state index contributed by atoms with van der Waals surface area (Å²) < 4.78 is 0. The zero-order valence-corrected chi connectivity index (χ0v) is 22.1. The van der Waals surface area contributed by atoms with Gasteiger partial charge in [-0.3, -0.25) is 14.4 Å². The average molecular weight is 509 g/mol. The lowest BCUT2D eigenvalue weighted by atomic mass is 9.96. The molecule has 6 N–H and O–H groups in total. The maximum Gasteiger partial charge on any atom is 0.326 e. The van der Waals surface area contributed by atoms with Crippen LogP contribution in [-0.4, -0.2) is 65.0 Å². The fourth-order valence-electron chi connectivity index (χ4n) is 3.43. The second kappa shape index (κ2) is 15.4. The van der Waals surface area contributed by atoms with Crippen molar-refractivity contribution in [2.24, 2.45) is 17.6 Å². The Kier molecular flexibility index (Phi) is 13.4. The molecule has 3 amide bonds. The van der Waals surface area contributed by atoms with Gasteiger partial charge in [-0.15, -0.1) is 0 Å². The Hall–Kier alpha value is -2.59.